The van der Waals surface area contributed by atoms with Crippen LogP contribution >= 0.6 is 0 Å². The van der Waals surface area contributed by atoms with E-state index in [4.69, 9.17) is 0 Å². The molecule has 0 saturated heterocycles. The Morgan fingerprint density at radius 2 is 0.713 bits per heavy atom. The van der Waals surface area contributed by atoms with Crippen LogP contribution in [0, 0.1) is 0 Å². The Labute approximate surface area is 552 Å². The van der Waals surface area contributed by atoms with Gasteiger partial charge in [0, 0.05) is 39.5 Å². The summed E-state index contributed by atoms with van der Waals surface area (Å²) in [5, 5.41) is 7.62. The molecule has 0 spiro atoms. The van der Waals surface area contributed by atoms with Crippen LogP contribution in [0.1, 0.15) is 75.3 Å². The lowest BCUT2D eigenvalue weighted by Gasteiger charge is -2.47. The van der Waals surface area contributed by atoms with Crippen molar-refractivity contribution in [3.8, 4) is 55.6 Å². The summed E-state index contributed by atoms with van der Waals surface area (Å²) < 4.78 is 0. The maximum Gasteiger partial charge on any atom is 0.0618 e. The lowest BCUT2D eigenvalue weighted by atomic mass is 9.73. The minimum Gasteiger partial charge on any atom is -0.310 e. The molecule has 0 amide bonds. The summed E-state index contributed by atoms with van der Waals surface area (Å²) >= 11 is 0. The number of fused-ring (bicyclic) bond motifs is 4. The number of nitrogens with zero attached hydrogens (tertiary/aromatic N) is 3. The Kier molecular flexibility index (Phi) is 13.4. The molecule has 0 radical (unpaired) electrons. The first-order chi connectivity index (χ1) is 45.9. The first kappa shape index (κ1) is 56.7. The fourth-order valence-corrected chi connectivity index (χ4v) is 15.3. The van der Waals surface area contributed by atoms with Gasteiger partial charge in [0.25, 0.3) is 0 Å². The van der Waals surface area contributed by atoms with E-state index in [2.05, 4.69) is 372 Å². The third-order valence-electron chi connectivity index (χ3n) is 19.9. The quantitative estimate of drug-likeness (QED) is 0.126. The van der Waals surface area contributed by atoms with Gasteiger partial charge in [-0.25, -0.2) is 0 Å². The molecule has 0 N–H and O–H groups in total. The van der Waals surface area contributed by atoms with Crippen LogP contribution in [0.25, 0.3) is 88.0 Å². The van der Waals surface area contributed by atoms with Gasteiger partial charge in [-0.15, -0.1) is 0 Å². The fraction of sp³-hybridized carbons (Fsp3) is 0.0989. The van der Waals surface area contributed by atoms with Crippen molar-refractivity contribution >= 4 is 83.5 Å². The minimum atomic E-state index is -0.222. The highest BCUT2D eigenvalue weighted by Gasteiger charge is 2.44. The van der Waals surface area contributed by atoms with Gasteiger partial charge in [0.05, 0.1) is 39.8 Å². The van der Waals surface area contributed by atoms with Crippen LogP contribution in [0.15, 0.2) is 315 Å². The lowest BCUT2D eigenvalue weighted by Crippen LogP contribution is -2.31. The number of hydrogen-bond acceptors (Lipinski definition) is 3. The third kappa shape index (κ3) is 9.40. The van der Waals surface area contributed by atoms with E-state index in [1.807, 2.05) is 0 Å². The SMILES string of the molecule is CC(C)(C)c1ccc(N2c3ccc(C(C)(C)C)cc3C3c4cc(-c5ccccc5-c5ccccc5)ccc4N(c4c(-c5ccccc5)cccc4-c4ccccc4)c4cc(N(c5ccccc5)c5ccccc5)cc2c43)c(-c2ccc3ccc4cccc5ccc2c3c45)c1. The summed E-state index contributed by atoms with van der Waals surface area (Å²) in [6, 6.07) is 119. The second-order valence-corrected chi connectivity index (χ2v) is 27.6. The van der Waals surface area contributed by atoms with Gasteiger partial charge in [0.2, 0.25) is 0 Å². The average Bonchev–Trinajstić information content (AvgIpc) is 0.690. The molecule has 2 aliphatic heterocycles. The number of benzene rings is 15. The van der Waals surface area contributed by atoms with Crippen LogP contribution in [0.5, 0.6) is 0 Å². The number of para-hydroxylation sites is 3. The molecular formula is C91H71N3. The van der Waals surface area contributed by atoms with Crippen molar-refractivity contribution in [1.82, 2.24) is 0 Å². The van der Waals surface area contributed by atoms with Crippen LogP contribution < -0.4 is 14.7 Å². The molecule has 17 rings (SSSR count). The van der Waals surface area contributed by atoms with Crippen molar-refractivity contribution < 1.29 is 0 Å². The van der Waals surface area contributed by atoms with Crippen molar-refractivity contribution in [2.75, 3.05) is 14.7 Å². The summed E-state index contributed by atoms with van der Waals surface area (Å²) in [7, 11) is 0. The van der Waals surface area contributed by atoms with E-state index in [9.17, 15) is 0 Å². The first-order valence-corrected chi connectivity index (χ1v) is 33.1. The minimum absolute atomic E-state index is 0.155. The number of anilines is 9. The highest BCUT2D eigenvalue weighted by atomic mass is 15.2. The monoisotopic (exact) mass is 1210 g/mol. The number of rotatable bonds is 10. The molecule has 2 heterocycles. The van der Waals surface area contributed by atoms with Gasteiger partial charge >= 0.3 is 0 Å². The summed E-state index contributed by atoms with van der Waals surface area (Å²) in [6.45, 7) is 14.1. The molecule has 0 aliphatic carbocycles. The lowest BCUT2D eigenvalue weighted by molar-refractivity contribution is 0.589. The van der Waals surface area contributed by atoms with Gasteiger partial charge in [-0.05, 0) is 171 Å². The van der Waals surface area contributed by atoms with Crippen molar-refractivity contribution in [2.24, 2.45) is 0 Å². The van der Waals surface area contributed by atoms with E-state index >= 15 is 0 Å². The summed E-state index contributed by atoms with van der Waals surface area (Å²) in [5.41, 5.74) is 27.7. The number of hydrogen-bond donors (Lipinski definition) is 0. The van der Waals surface area contributed by atoms with Crippen molar-refractivity contribution in [1.29, 1.82) is 0 Å². The van der Waals surface area contributed by atoms with E-state index in [-0.39, 0.29) is 16.7 Å². The van der Waals surface area contributed by atoms with Gasteiger partial charge in [-0.1, -0.05) is 290 Å². The van der Waals surface area contributed by atoms with E-state index < -0.39 is 0 Å². The Balaban J connectivity index is 1.05. The zero-order valence-electron chi connectivity index (χ0n) is 53.9. The van der Waals surface area contributed by atoms with Crippen LogP contribution in [0.3, 0.4) is 0 Å². The van der Waals surface area contributed by atoms with Gasteiger partial charge < -0.3 is 14.7 Å². The normalized spacial score (nSPS) is 13.5. The van der Waals surface area contributed by atoms with Crippen LogP contribution in [-0.4, -0.2) is 0 Å². The summed E-state index contributed by atoms with van der Waals surface area (Å²) in [4.78, 5) is 7.81. The van der Waals surface area contributed by atoms with Crippen LogP contribution in [0.2, 0.25) is 0 Å². The van der Waals surface area contributed by atoms with E-state index in [1.54, 1.807) is 0 Å². The molecular weight excluding hydrogens is 1140 g/mol. The highest BCUT2D eigenvalue weighted by Crippen LogP contribution is 2.65. The van der Waals surface area contributed by atoms with Crippen molar-refractivity contribution in [2.45, 2.75) is 58.3 Å². The highest BCUT2D eigenvalue weighted by molar-refractivity contribution is 6.26. The van der Waals surface area contributed by atoms with Gasteiger partial charge in [-0.2, -0.15) is 0 Å². The molecule has 0 saturated carbocycles. The molecule has 1 unspecified atom stereocenters. The van der Waals surface area contributed by atoms with Gasteiger partial charge in [-0.3, -0.25) is 0 Å². The molecule has 15 aromatic carbocycles. The average molecular weight is 1210 g/mol. The molecule has 0 bridgehead atoms. The van der Waals surface area contributed by atoms with Crippen LogP contribution in [-0.2, 0) is 10.8 Å². The van der Waals surface area contributed by atoms with E-state index in [0.717, 1.165) is 73.4 Å². The smallest absolute Gasteiger partial charge is 0.0618 e. The first-order valence-electron chi connectivity index (χ1n) is 33.1. The van der Waals surface area contributed by atoms with Gasteiger partial charge in [0.15, 0.2) is 0 Å². The maximum absolute atomic E-state index is 2.67. The Hall–Kier alpha value is -11.3. The van der Waals surface area contributed by atoms with Crippen molar-refractivity contribution in [3.05, 3.63) is 343 Å². The molecule has 1 atom stereocenters. The van der Waals surface area contributed by atoms with E-state index in [0.29, 0.717) is 0 Å². The summed E-state index contributed by atoms with van der Waals surface area (Å²) in [5.74, 6) is -0.222. The fourth-order valence-electron chi connectivity index (χ4n) is 15.3. The molecule has 15 aromatic rings. The Bertz CT molecular complexity index is 5280. The molecule has 0 aromatic heterocycles. The molecule has 0 fully saturated rings. The molecule has 2 aliphatic rings. The Morgan fingerprint density at radius 1 is 0.277 bits per heavy atom. The zero-order valence-corrected chi connectivity index (χ0v) is 53.9. The third-order valence-corrected chi connectivity index (χ3v) is 19.9. The second-order valence-electron chi connectivity index (χ2n) is 27.6. The topological polar surface area (TPSA) is 9.72 Å². The largest absolute Gasteiger partial charge is 0.310 e. The molecule has 3 nitrogen and oxygen atoms in total. The standard InChI is InChI=1S/C91H71N3/c1-90(2,3)66-47-52-80(77(55-66)75-49-44-64-43-42-62-32-24-33-63-45-50-76(75)86(64)85(62)63)93-81-53-48-67(91(4,5)6)56-79(81)87-78-54-65(72-39-23-22-38-71(72)59-26-12-7-13-27-59)46-51-82(78)94(89-73(60-28-14-8-15-29-60)40-25-41-74(89)61-30-16-9-17-31-61)84-58-70(57-83(93)88(84)87)92(68-34-18-10-19-35-68)69-36-20-11-21-37-69/h7-58,87H,1-6H3. The van der Waals surface area contributed by atoms with Crippen molar-refractivity contribution in [3.63, 3.8) is 0 Å². The second kappa shape index (κ2) is 22.3. The van der Waals surface area contributed by atoms with Gasteiger partial charge in [0.1, 0.15) is 0 Å². The predicted molar refractivity (Wildman–Crippen MR) is 400 cm³/mol. The molecule has 94 heavy (non-hydrogen) atoms. The Morgan fingerprint density at radius 3 is 1.30 bits per heavy atom. The predicted octanol–water partition coefficient (Wildman–Crippen LogP) is 25.7. The van der Waals surface area contributed by atoms with Crippen LogP contribution in [0.4, 0.5) is 51.2 Å². The molecule has 3 heteroatoms. The summed E-state index contributed by atoms with van der Waals surface area (Å²) in [6.07, 6.45) is 0. The van der Waals surface area contributed by atoms with E-state index in [1.165, 1.54) is 93.5 Å². The maximum atomic E-state index is 2.67. The zero-order chi connectivity index (χ0) is 63.4. The molecule has 450 valence electrons.